The van der Waals surface area contributed by atoms with Crippen LogP contribution in [0.25, 0.3) is 11.1 Å². The van der Waals surface area contributed by atoms with E-state index in [2.05, 4.69) is 50.4 Å². The van der Waals surface area contributed by atoms with E-state index in [0.717, 1.165) is 16.7 Å². The van der Waals surface area contributed by atoms with Gasteiger partial charge in [0.1, 0.15) is 12.7 Å². The molecule has 34 heavy (non-hydrogen) atoms. The molecule has 1 aliphatic carbocycles. The summed E-state index contributed by atoms with van der Waals surface area (Å²) in [5.74, 6) is 0.00151. The Bertz CT molecular complexity index is 1090. The molecule has 5 nitrogen and oxygen atoms in total. The first-order valence-corrected chi connectivity index (χ1v) is 11.8. The van der Waals surface area contributed by atoms with E-state index in [1.165, 1.54) is 11.1 Å². The monoisotopic (exact) mass is 459 g/mol. The maximum atomic E-state index is 12.3. The molecule has 3 aromatic rings. The summed E-state index contributed by atoms with van der Waals surface area (Å²) < 4.78 is 5.52. The number of hydrogen-bond acceptors (Lipinski definition) is 4. The minimum absolute atomic E-state index is 0.00151. The van der Waals surface area contributed by atoms with Gasteiger partial charge in [-0.2, -0.15) is 0 Å². The third kappa shape index (κ3) is 5.16. The molecule has 0 heterocycles. The van der Waals surface area contributed by atoms with E-state index in [-0.39, 0.29) is 30.9 Å². The summed E-state index contributed by atoms with van der Waals surface area (Å²) in [6, 6.07) is 24.0. The molecule has 2 unspecified atom stereocenters. The van der Waals surface area contributed by atoms with Gasteiger partial charge in [0.25, 0.3) is 0 Å². The predicted molar refractivity (Wildman–Crippen MR) is 134 cm³/mol. The molecule has 0 saturated carbocycles. The lowest BCUT2D eigenvalue weighted by molar-refractivity contribution is 0.0136. The number of carbonyl (C=O) groups excluding carboxylic acids is 1. The zero-order valence-electron chi connectivity index (χ0n) is 20.0. The molecule has 178 valence electrons. The van der Waals surface area contributed by atoms with E-state index in [4.69, 9.17) is 4.74 Å². The van der Waals surface area contributed by atoms with Gasteiger partial charge in [0.15, 0.2) is 0 Å². The van der Waals surface area contributed by atoms with Crippen molar-refractivity contribution in [1.29, 1.82) is 0 Å². The molecule has 5 heteroatoms. The number of fused-ring (bicyclic) bond motifs is 3. The first kappa shape index (κ1) is 24.0. The highest BCUT2D eigenvalue weighted by Gasteiger charge is 2.29. The van der Waals surface area contributed by atoms with Gasteiger partial charge in [0, 0.05) is 12.5 Å². The van der Waals surface area contributed by atoms with Gasteiger partial charge in [0.2, 0.25) is 0 Å². The second-order valence-corrected chi connectivity index (χ2v) is 9.93. The summed E-state index contributed by atoms with van der Waals surface area (Å²) in [6.07, 6.45) is -2.32. The minimum atomic E-state index is -1.02. The molecular formula is C29H33NO4. The van der Waals surface area contributed by atoms with Crippen molar-refractivity contribution in [3.8, 4) is 11.1 Å². The first-order valence-electron chi connectivity index (χ1n) is 11.8. The molecule has 0 bridgehead atoms. The molecule has 2 atom stereocenters. The average molecular weight is 460 g/mol. The lowest BCUT2D eigenvalue weighted by atomic mass is 9.86. The Morgan fingerprint density at radius 2 is 1.47 bits per heavy atom. The summed E-state index contributed by atoms with van der Waals surface area (Å²) in [7, 11) is 0. The Hall–Kier alpha value is -3.15. The summed E-state index contributed by atoms with van der Waals surface area (Å²) in [5.41, 5.74) is 6.52. The van der Waals surface area contributed by atoms with Gasteiger partial charge in [-0.15, -0.1) is 0 Å². The predicted octanol–water partition coefficient (Wildman–Crippen LogP) is 5.31. The molecule has 3 aromatic carbocycles. The molecule has 0 aliphatic heterocycles. The number of carbonyl (C=O) groups is 1. The van der Waals surface area contributed by atoms with Gasteiger partial charge in [-0.25, -0.2) is 4.79 Å². The van der Waals surface area contributed by atoms with Crippen LogP contribution in [0.3, 0.4) is 0 Å². The largest absolute Gasteiger partial charge is 0.449 e. The minimum Gasteiger partial charge on any atom is -0.449 e. The second-order valence-electron chi connectivity index (χ2n) is 9.93. The van der Waals surface area contributed by atoms with Crippen LogP contribution < -0.4 is 5.32 Å². The van der Waals surface area contributed by atoms with Crippen molar-refractivity contribution in [2.24, 2.45) is 0 Å². The number of alkyl carbamates (subject to hydrolysis) is 1. The zero-order valence-corrected chi connectivity index (χ0v) is 20.0. The number of nitrogens with one attached hydrogen (secondary N) is 1. The van der Waals surface area contributed by atoms with E-state index in [1.54, 1.807) is 0 Å². The third-order valence-corrected chi connectivity index (χ3v) is 6.54. The van der Waals surface area contributed by atoms with Crippen LogP contribution in [0.4, 0.5) is 4.79 Å². The maximum Gasteiger partial charge on any atom is 0.407 e. The Morgan fingerprint density at radius 1 is 0.912 bits per heavy atom. The quantitative estimate of drug-likeness (QED) is 0.448. The number of benzene rings is 3. The van der Waals surface area contributed by atoms with Gasteiger partial charge < -0.3 is 20.3 Å². The number of amides is 1. The number of aliphatic hydroxyl groups excluding tert-OH is 2. The lowest BCUT2D eigenvalue weighted by Gasteiger charge is -2.22. The Balaban J connectivity index is 1.26. The van der Waals surface area contributed by atoms with Crippen molar-refractivity contribution in [1.82, 2.24) is 5.32 Å². The molecule has 1 amide bonds. The van der Waals surface area contributed by atoms with Crippen molar-refractivity contribution in [3.05, 3.63) is 95.1 Å². The van der Waals surface area contributed by atoms with Crippen LogP contribution in [-0.2, 0) is 10.2 Å². The van der Waals surface area contributed by atoms with Crippen molar-refractivity contribution < 1.29 is 19.7 Å². The fourth-order valence-corrected chi connectivity index (χ4v) is 4.53. The fourth-order valence-electron chi connectivity index (χ4n) is 4.53. The van der Waals surface area contributed by atoms with Gasteiger partial charge in [-0.3, -0.25) is 0 Å². The van der Waals surface area contributed by atoms with Crippen LogP contribution in [0.2, 0.25) is 0 Å². The van der Waals surface area contributed by atoms with Crippen molar-refractivity contribution in [2.45, 2.75) is 50.7 Å². The Labute approximate surface area is 201 Å². The van der Waals surface area contributed by atoms with Gasteiger partial charge in [-0.1, -0.05) is 93.6 Å². The van der Waals surface area contributed by atoms with Crippen LogP contribution in [0.15, 0.2) is 72.8 Å². The first-order chi connectivity index (χ1) is 16.3. The highest BCUT2D eigenvalue weighted by atomic mass is 16.5. The van der Waals surface area contributed by atoms with Gasteiger partial charge in [-0.05, 0) is 45.2 Å². The summed E-state index contributed by atoms with van der Waals surface area (Å²) in [4.78, 5) is 12.3. The average Bonchev–Trinajstić information content (AvgIpc) is 3.15. The van der Waals surface area contributed by atoms with Crippen molar-refractivity contribution in [3.63, 3.8) is 0 Å². The number of hydrogen-bond donors (Lipinski definition) is 3. The van der Waals surface area contributed by atoms with E-state index in [1.807, 2.05) is 48.5 Å². The smallest absolute Gasteiger partial charge is 0.407 e. The molecule has 0 spiro atoms. The van der Waals surface area contributed by atoms with E-state index < -0.39 is 18.3 Å². The van der Waals surface area contributed by atoms with Crippen LogP contribution in [-0.4, -0.2) is 35.6 Å². The molecule has 3 N–H and O–H groups in total. The van der Waals surface area contributed by atoms with E-state index >= 15 is 0 Å². The summed E-state index contributed by atoms with van der Waals surface area (Å²) in [6.45, 7) is 6.83. The van der Waals surface area contributed by atoms with E-state index in [0.29, 0.717) is 5.56 Å². The summed E-state index contributed by atoms with van der Waals surface area (Å²) >= 11 is 0. The normalized spacial score (nSPS) is 14.7. The molecule has 1 aliphatic rings. The Morgan fingerprint density at radius 3 is 2.03 bits per heavy atom. The molecule has 0 aromatic heterocycles. The SMILES string of the molecule is CC(C)(C)c1ccc(C(O)C(O)CCNC(=O)OCC2c3ccccc3-c3ccccc32)cc1. The lowest BCUT2D eigenvalue weighted by Crippen LogP contribution is -2.30. The second kappa shape index (κ2) is 10.00. The van der Waals surface area contributed by atoms with Crippen molar-refractivity contribution >= 4 is 6.09 Å². The number of aliphatic hydroxyl groups is 2. The number of rotatable bonds is 7. The topological polar surface area (TPSA) is 78.8 Å². The molecule has 0 saturated heterocycles. The fraction of sp³-hybridized carbons (Fsp3) is 0.345. The molecular weight excluding hydrogens is 426 g/mol. The van der Waals surface area contributed by atoms with Gasteiger partial charge in [0.05, 0.1) is 6.10 Å². The maximum absolute atomic E-state index is 12.3. The number of ether oxygens (including phenoxy) is 1. The van der Waals surface area contributed by atoms with Crippen LogP contribution in [0, 0.1) is 0 Å². The van der Waals surface area contributed by atoms with Crippen LogP contribution >= 0.6 is 0 Å². The highest BCUT2D eigenvalue weighted by Crippen LogP contribution is 2.44. The zero-order chi connectivity index (χ0) is 24.3. The van der Waals surface area contributed by atoms with Gasteiger partial charge >= 0.3 is 6.09 Å². The standard InChI is InChI=1S/C29H33NO4/c1-29(2,3)20-14-12-19(13-15-20)27(32)26(31)16-17-30-28(33)34-18-25-23-10-6-4-8-21(23)22-9-5-7-11-24(22)25/h4-15,25-27,31-32H,16-18H2,1-3H3,(H,30,33). The summed E-state index contributed by atoms with van der Waals surface area (Å²) in [5, 5.41) is 23.6. The molecule has 4 rings (SSSR count). The van der Waals surface area contributed by atoms with Crippen LogP contribution in [0.5, 0.6) is 0 Å². The third-order valence-electron chi connectivity index (χ3n) is 6.54. The van der Waals surface area contributed by atoms with Crippen LogP contribution in [0.1, 0.15) is 61.5 Å². The van der Waals surface area contributed by atoms with Crippen molar-refractivity contribution in [2.75, 3.05) is 13.2 Å². The molecule has 0 fully saturated rings. The highest BCUT2D eigenvalue weighted by molar-refractivity contribution is 5.79. The Kier molecular flexibility index (Phi) is 7.05. The molecule has 0 radical (unpaired) electrons. The van der Waals surface area contributed by atoms with E-state index in [9.17, 15) is 15.0 Å².